The predicted octanol–water partition coefficient (Wildman–Crippen LogP) is 2.61. The second kappa shape index (κ2) is 6.40. The number of aryl methyl sites for hydroxylation is 1. The Bertz CT molecular complexity index is 396. The minimum Gasteiger partial charge on any atom is -0.493 e. The summed E-state index contributed by atoms with van der Waals surface area (Å²) in [5.41, 5.74) is 3.08. The van der Waals surface area contributed by atoms with Crippen LogP contribution in [0.15, 0.2) is 24.3 Å². The van der Waals surface area contributed by atoms with Crippen molar-refractivity contribution < 1.29 is 14.4 Å². The zero-order chi connectivity index (χ0) is 13.6. The van der Waals surface area contributed by atoms with Crippen LogP contribution in [0, 0.1) is 6.92 Å². The van der Waals surface area contributed by atoms with E-state index in [4.69, 9.17) is 9.57 Å². The van der Waals surface area contributed by atoms with Crippen molar-refractivity contribution in [2.75, 3.05) is 6.61 Å². The molecule has 1 amide bonds. The van der Waals surface area contributed by atoms with E-state index in [0.717, 1.165) is 11.3 Å². The first-order chi connectivity index (χ1) is 8.38. The highest BCUT2D eigenvalue weighted by Crippen LogP contribution is 2.16. The molecule has 0 heterocycles. The molecule has 100 valence electrons. The maximum absolute atomic E-state index is 11.4. The summed E-state index contributed by atoms with van der Waals surface area (Å²) in [7, 11) is 0. The van der Waals surface area contributed by atoms with E-state index in [9.17, 15) is 4.79 Å². The van der Waals surface area contributed by atoms with Crippen LogP contribution in [0.4, 0.5) is 0 Å². The van der Waals surface area contributed by atoms with Crippen LogP contribution in [0.5, 0.6) is 5.75 Å². The Balaban J connectivity index is 2.26. The first kappa shape index (κ1) is 14.5. The van der Waals surface area contributed by atoms with Gasteiger partial charge in [-0.1, -0.05) is 18.2 Å². The Hall–Kier alpha value is -1.55. The van der Waals surface area contributed by atoms with Crippen molar-refractivity contribution in [3.8, 4) is 5.75 Å². The standard InChI is InChI=1S/C14H21NO3/c1-11-7-5-6-8-12(11)17-10-9-13(16)15-18-14(2,3)4/h5-8H,9-10H2,1-4H3,(H,15,16). The highest BCUT2D eigenvalue weighted by Gasteiger charge is 2.12. The van der Waals surface area contributed by atoms with Crippen LogP contribution in [-0.2, 0) is 9.63 Å². The lowest BCUT2D eigenvalue weighted by Gasteiger charge is -2.18. The smallest absolute Gasteiger partial charge is 0.246 e. The molecule has 0 spiro atoms. The SMILES string of the molecule is Cc1ccccc1OCCC(=O)NOC(C)(C)C. The Labute approximate surface area is 108 Å². The third kappa shape index (κ3) is 5.68. The molecule has 0 aliphatic carbocycles. The maximum atomic E-state index is 11.4. The number of para-hydroxylation sites is 1. The number of carbonyl (C=O) groups excluding carboxylic acids is 1. The normalized spacial score (nSPS) is 11.1. The number of amides is 1. The van der Waals surface area contributed by atoms with Gasteiger partial charge in [-0.15, -0.1) is 0 Å². The lowest BCUT2D eigenvalue weighted by atomic mass is 10.2. The van der Waals surface area contributed by atoms with Gasteiger partial charge in [-0.3, -0.25) is 9.63 Å². The zero-order valence-electron chi connectivity index (χ0n) is 11.4. The summed E-state index contributed by atoms with van der Waals surface area (Å²) < 4.78 is 5.52. The summed E-state index contributed by atoms with van der Waals surface area (Å²) in [5.74, 6) is 0.626. The summed E-state index contributed by atoms with van der Waals surface area (Å²) in [6.45, 7) is 7.92. The first-order valence-electron chi connectivity index (χ1n) is 6.04. The zero-order valence-corrected chi connectivity index (χ0v) is 11.4. The van der Waals surface area contributed by atoms with E-state index in [1.54, 1.807) is 0 Å². The Morgan fingerprint density at radius 2 is 1.94 bits per heavy atom. The third-order valence-corrected chi connectivity index (χ3v) is 2.15. The molecular weight excluding hydrogens is 230 g/mol. The van der Waals surface area contributed by atoms with Crippen molar-refractivity contribution in [1.29, 1.82) is 0 Å². The van der Waals surface area contributed by atoms with Crippen molar-refractivity contribution in [3.05, 3.63) is 29.8 Å². The molecule has 1 aromatic rings. The van der Waals surface area contributed by atoms with Gasteiger partial charge < -0.3 is 4.74 Å². The average Bonchev–Trinajstić information content (AvgIpc) is 2.28. The van der Waals surface area contributed by atoms with Crippen LogP contribution >= 0.6 is 0 Å². The van der Waals surface area contributed by atoms with Gasteiger partial charge in [0.25, 0.3) is 0 Å². The molecule has 0 aliphatic rings. The molecule has 0 saturated heterocycles. The molecule has 1 aromatic carbocycles. The quantitative estimate of drug-likeness (QED) is 0.818. The van der Waals surface area contributed by atoms with Gasteiger partial charge in [-0.2, -0.15) is 0 Å². The second-order valence-electron chi connectivity index (χ2n) is 5.10. The number of benzene rings is 1. The minimum atomic E-state index is -0.382. The van der Waals surface area contributed by atoms with Gasteiger partial charge in [-0.05, 0) is 39.3 Å². The summed E-state index contributed by atoms with van der Waals surface area (Å²) >= 11 is 0. The molecule has 0 aliphatic heterocycles. The highest BCUT2D eigenvalue weighted by molar-refractivity contribution is 5.74. The van der Waals surface area contributed by atoms with Crippen LogP contribution in [0.3, 0.4) is 0 Å². The van der Waals surface area contributed by atoms with Gasteiger partial charge in [0.05, 0.1) is 18.6 Å². The van der Waals surface area contributed by atoms with Gasteiger partial charge in [0.1, 0.15) is 5.75 Å². The Kier molecular flexibility index (Phi) is 5.16. The molecule has 0 bridgehead atoms. The van der Waals surface area contributed by atoms with E-state index in [2.05, 4.69) is 5.48 Å². The van der Waals surface area contributed by atoms with E-state index < -0.39 is 0 Å². The molecule has 0 saturated carbocycles. The summed E-state index contributed by atoms with van der Waals surface area (Å²) in [5, 5.41) is 0. The second-order valence-corrected chi connectivity index (χ2v) is 5.10. The molecule has 0 atom stereocenters. The van der Waals surface area contributed by atoms with Crippen LogP contribution < -0.4 is 10.2 Å². The summed E-state index contributed by atoms with van der Waals surface area (Å²) in [4.78, 5) is 16.6. The van der Waals surface area contributed by atoms with Gasteiger partial charge >= 0.3 is 0 Å². The fourth-order valence-electron chi connectivity index (χ4n) is 1.23. The molecular formula is C14H21NO3. The van der Waals surface area contributed by atoms with Gasteiger partial charge in [0, 0.05) is 0 Å². The van der Waals surface area contributed by atoms with Gasteiger partial charge in [-0.25, -0.2) is 5.48 Å². The largest absolute Gasteiger partial charge is 0.493 e. The fraction of sp³-hybridized carbons (Fsp3) is 0.500. The molecule has 0 unspecified atom stereocenters. The molecule has 1 rings (SSSR count). The maximum Gasteiger partial charge on any atom is 0.246 e. The minimum absolute atomic E-state index is 0.182. The molecule has 4 nitrogen and oxygen atoms in total. The molecule has 1 N–H and O–H groups in total. The number of hydroxylamine groups is 1. The number of rotatable bonds is 5. The van der Waals surface area contributed by atoms with E-state index in [0.29, 0.717) is 6.61 Å². The lowest BCUT2D eigenvalue weighted by Crippen LogP contribution is -2.34. The number of ether oxygens (including phenoxy) is 1. The lowest BCUT2D eigenvalue weighted by molar-refractivity contribution is -0.146. The van der Waals surface area contributed by atoms with Crippen molar-refractivity contribution in [2.45, 2.75) is 39.7 Å². The van der Waals surface area contributed by atoms with Crippen LogP contribution in [0.2, 0.25) is 0 Å². The van der Waals surface area contributed by atoms with E-state index in [1.165, 1.54) is 0 Å². The fourth-order valence-corrected chi connectivity index (χ4v) is 1.23. The van der Waals surface area contributed by atoms with E-state index in [1.807, 2.05) is 52.0 Å². The number of carbonyl (C=O) groups is 1. The summed E-state index contributed by atoms with van der Waals surface area (Å²) in [6.07, 6.45) is 0.268. The van der Waals surface area contributed by atoms with Gasteiger partial charge in [0.2, 0.25) is 5.91 Å². The van der Waals surface area contributed by atoms with Crippen molar-refractivity contribution in [2.24, 2.45) is 0 Å². The monoisotopic (exact) mass is 251 g/mol. The van der Waals surface area contributed by atoms with Crippen molar-refractivity contribution in [1.82, 2.24) is 5.48 Å². The Morgan fingerprint density at radius 1 is 1.28 bits per heavy atom. The van der Waals surface area contributed by atoms with Crippen LogP contribution in [0.1, 0.15) is 32.8 Å². The van der Waals surface area contributed by atoms with E-state index >= 15 is 0 Å². The molecule has 0 fully saturated rings. The predicted molar refractivity (Wildman–Crippen MR) is 70.3 cm³/mol. The third-order valence-electron chi connectivity index (χ3n) is 2.15. The molecule has 18 heavy (non-hydrogen) atoms. The van der Waals surface area contributed by atoms with Gasteiger partial charge in [0.15, 0.2) is 0 Å². The van der Waals surface area contributed by atoms with E-state index in [-0.39, 0.29) is 17.9 Å². The molecule has 0 aromatic heterocycles. The number of hydrogen-bond acceptors (Lipinski definition) is 3. The summed E-state index contributed by atoms with van der Waals surface area (Å²) in [6, 6.07) is 7.72. The molecule has 0 radical (unpaired) electrons. The average molecular weight is 251 g/mol. The Morgan fingerprint density at radius 3 is 2.56 bits per heavy atom. The van der Waals surface area contributed by atoms with Crippen molar-refractivity contribution >= 4 is 5.91 Å². The van der Waals surface area contributed by atoms with Crippen LogP contribution in [-0.4, -0.2) is 18.1 Å². The van der Waals surface area contributed by atoms with Crippen LogP contribution in [0.25, 0.3) is 0 Å². The topological polar surface area (TPSA) is 47.6 Å². The highest BCUT2D eigenvalue weighted by atomic mass is 16.7. The first-order valence-corrected chi connectivity index (χ1v) is 6.04. The molecule has 4 heteroatoms. The number of hydrogen-bond donors (Lipinski definition) is 1. The number of nitrogens with one attached hydrogen (secondary N) is 1. The van der Waals surface area contributed by atoms with Crippen molar-refractivity contribution in [3.63, 3.8) is 0 Å².